The van der Waals surface area contributed by atoms with E-state index in [4.69, 9.17) is 15.2 Å². The molecule has 4 nitrogen and oxygen atoms in total. The Morgan fingerprint density at radius 1 is 1.33 bits per heavy atom. The number of rotatable bonds is 0. The molecule has 2 fully saturated rings. The molecule has 0 unspecified atom stereocenters. The van der Waals surface area contributed by atoms with Crippen LogP contribution in [-0.4, -0.2) is 35.2 Å². The molecule has 1 aliphatic carbocycles. The maximum Gasteiger partial charge on any atom is 0.163 e. The van der Waals surface area contributed by atoms with Crippen molar-refractivity contribution in [2.45, 2.75) is 50.4 Å². The fraction of sp³-hybridized carbons (Fsp3) is 1.00. The van der Waals surface area contributed by atoms with Crippen LogP contribution in [0.5, 0.6) is 0 Å². The summed E-state index contributed by atoms with van der Waals surface area (Å²) in [5.74, 6) is -0.589. The molecular formula is C8H15NO3. The fourth-order valence-electron chi connectivity index (χ4n) is 1.99. The second-order valence-corrected chi connectivity index (χ2v) is 4.03. The third-order valence-corrected chi connectivity index (χ3v) is 2.48. The van der Waals surface area contributed by atoms with Crippen LogP contribution < -0.4 is 5.73 Å². The van der Waals surface area contributed by atoms with Gasteiger partial charge in [-0.1, -0.05) is 0 Å². The summed E-state index contributed by atoms with van der Waals surface area (Å²) in [6.07, 6.45) is -0.248. The van der Waals surface area contributed by atoms with Gasteiger partial charge < -0.3 is 20.3 Å². The maximum atomic E-state index is 9.52. The van der Waals surface area contributed by atoms with Gasteiger partial charge in [0.15, 0.2) is 5.79 Å². The summed E-state index contributed by atoms with van der Waals surface area (Å²) in [5.41, 5.74) is 5.77. The topological polar surface area (TPSA) is 64.7 Å². The Labute approximate surface area is 71.6 Å². The van der Waals surface area contributed by atoms with Gasteiger partial charge in [-0.15, -0.1) is 0 Å². The van der Waals surface area contributed by atoms with Crippen LogP contribution in [0.4, 0.5) is 0 Å². The molecule has 4 heteroatoms. The molecular weight excluding hydrogens is 158 g/mol. The minimum Gasteiger partial charge on any atom is -0.390 e. The maximum absolute atomic E-state index is 9.52. The van der Waals surface area contributed by atoms with Gasteiger partial charge in [0.1, 0.15) is 12.2 Å². The summed E-state index contributed by atoms with van der Waals surface area (Å²) < 4.78 is 11.1. The Hall–Kier alpha value is -0.160. The summed E-state index contributed by atoms with van der Waals surface area (Å²) in [6, 6.07) is -0.0909. The van der Waals surface area contributed by atoms with Crippen LogP contribution >= 0.6 is 0 Å². The normalized spacial score (nSPS) is 51.0. The molecule has 70 valence electrons. The number of fused-ring (bicyclic) bond motifs is 1. The van der Waals surface area contributed by atoms with Crippen molar-refractivity contribution in [1.29, 1.82) is 0 Å². The van der Waals surface area contributed by atoms with E-state index in [0.717, 1.165) is 0 Å². The largest absolute Gasteiger partial charge is 0.390 e. The van der Waals surface area contributed by atoms with Gasteiger partial charge in [-0.3, -0.25) is 0 Å². The number of nitrogens with two attached hydrogens (primary N) is 1. The van der Waals surface area contributed by atoms with Crippen LogP contribution in [0, 0.1) is 0 Å². The SMILES string of the molecule is CC1(C)O[C@@H]2[C@H](O1)[C@@H](N)C[C@H]2O. The van der Waals surface area contributed by atoms with E-state index in [-0.39, 0.29) is 18.2 Å². The van der Waals surface area contributed by atoms with E-state index in [1.54, 1.807) is 0 Å². The highest BCUT2D eigenvalue weighted by molar-refractivity contribution is 5.00. The Kier molecular flexibility index (Phi) is 1.70. The van der Waals surface area contributed by atoms with Crippen molar-refractivity contribution < 1.29 is 14.6 Å². The summed E-state index contributed by atoms with van der Waals surface area (Å²) in [7, 11) is 0. The third-order valence-electron chi connectivity index (χ3n) is 2.48. The van der Waals surface area contributed by atoms with Crippen LogP contribution in [0.2, 0.25) is 0 Å². The van der Waals surface area contributed by atoms with Crippen LogP contribution in [-0.2, 0) is 9.47 Å². The molecule has 12 heavy (non-hydrogen) atoms. The van der Waals surface area contributed by atoms with E-state index in [1.807, 2.05) is 13.8 Å². The molecule has 3 N–H and O–H groups in total. The highest BCUT2D eigenvalue weighted by Crippen LogP contribution is 2.37. The lowest BCUT2D eigenvalue weighted by molar-refractivity contribution is -0.163. The van der Waals surface area contributed by atoms with Crippen molar-refractivity contribution in [3.63, 3.8) is 0 Å². The molecule has 1 saturated carbocycles. The molecule has 0 radical (unpaired) electrons. The highest BCUT2D eigenvalue weighted by Gasteiger charge is 2.52. The Bertz CT molecular complexity index is 177. The molecule has 4 atom stereocenters. The van der Waals surface area contributed by atoms with E-state index in [2.05, 4.69) is 0 Å². The smallest absolute Gasteiger partial charge is 0.163 e. The molecule has 1 saturated heterocycles. The van der Waals surface area contributed by atoms with Gasteiger partial charge in [-0.05, 0) is 20.3 Å². The van der Waals surface area contributed by atoms with Crippen molar-refractivity contribution in [3.8, 4) is 0 Å². The number of hydrogen-bond donors (Lipinski definition) is 2. The van der Waals surface area contributed by atoms with Gasteiger partial charge >= 0.3 is 0 Å². The molecule has 0 amide bonds. The van der Waals surface area contributed by atoms with Crippen molar-refractivity contribution >= 4 is 0 Å². The monoisotopic (exact) mass is 173 g/mol. The molecule has 0 spiro atoms. The van der Waals surface area contributed by atoms with E-state index in [9.17, 15) is 5.11 Å². The summed E-state index contributed by atoms with van der Waals surface area (Å²) in [5, 5.41) is 9.52. The lowest BCUT2D eigenvalue weighted by atomic mass is 10.2. The Balaban J connectivity index is 2.15. The lowest BCUT2D eigenvalue weighted by Gasteiger charge is -2.20. The van der Waals surface area contributed by atoms with Crippen molar-refractivity contribution in [3.05, 3.63) is 0 Å². The molecule has 0 aromatic rings. The average molecular weight is 173 g/mol. The van der Waals surface area contributed by atoms with Gasteiger partial charge in [0.2, 0.25) is 0 Å². The fourth-order valence-corrected chi connectivity index (χ4v) is 1.99. The third kappa shape index (κ3) is 1.15. The second-order valence-electron chi connectivity index (χ2n) is 4.03. The van der Waals surface area contributed by atoms with Gasteiger partial charge in [0.05, 0.1) is 6.10 Å². The van der Waals surface area contributed by atoms with Crippen LogP contribution in [0.3, 0.4) is 0 Å². The summed E-state index contributed by atoms with van der Waals surface area (Å²) >= 11 is 0. The molecule has 1 heterocycles. The molecule has 2 aliphatic rings. The van der Waals surface area contributed by atoms with E-state index in [1.165, 1.54) is 0 Å². The quantitative estimate of drug-likeness (QED) is 0.523. The van der Waals surface area contributed by atoms with E-state index < -0.39 is 11.9 Å². The second kappa shape index (κ2) is 2.42. The van der Waals surface area contributed by atoms with Gasteiger partial charge in [-0.25, -0.2) is 0 Å². The number of aliphatic hydroxyl groups is 1. The van der Waals surface area contributed by atoms with Crippen LogP contribution in [0.1, 0.15) is 20.3 Å². The average Bonchev–Trinajstić information content (AvgIpc) is 2.34. The molecule has 0 bridgehead atoms. The number of hydrogen-bond acceptors (Lipinski definition) is 4. The van der Waals surface area contributed by atoms with Gasteiger partial charge in [-0.2, -0.15) is 0 Å². The summed E-state index contributed by atoms with van der Waals surface area (Å²) in [6.45, 7) is 3.68. The number of aliphatic hydroxyl groups excluding tert-OH is 1. The standard InChI is InChI=1S/C8H15NO3/c1-8(2)11-6-4(9)3-5(10)7(6)12-8/h4-7,10H,3,9H2,1-2H3/t4-,5+,6+,7-/m0/s1. The minimum atomic E-state index is -0.589. The first-order chi connectivity index (χ1) is 5.49. The molecule has 2 rings (SSSR count). The van der Waals surface area contributed by atoms with Crippen molar-refractivity contribution in [2.75, 3.05) is 0 Å². The molecule has 1 aliphatic heterocycles. The Morgan fingerprint density at radius 3 is 2.50 bits per heavy atom. The predicted octanol–water partition coefficient (Wildman–Crippen LogP) is -0.402. The first-order valence-corrected chi connectivity index (χ1v) is 4.29. The van der Waals surface area contributed by atoms with Gasteiger partial charge in [0, 0.05) is 6.04 Å². The first kappa shape index (κ1) is 8.44. The zero-order valence-electron chi connectivity index (χ0n) is 7.36. The summed E-state index contributed by atoms with van der Waals surface area (Å²) in [4.78, 5) is 0. The molecule has 0 aromatic heterocycles. The van der Waals surface area contributed by atoms with Gasteiger partial charge in [0.25, 0.3) is 0 Å². The zero-order valence-corrected chi connectivity index (χ0v) is 7.36. The van der Waals surface area contributed by atoms with Crippen LogP contribution in [0.15, 0.2) is 0 Å². The van der Waals surface area contributed by atoms with Crippen LogP contribution in [0.25, 0.3) is 0 Å². The predicted molar refractivity (Wildman–Crippen MR) is 42.4 cm³/mol. The number of ether oxygens (including phenoxy) is 2. The van der Waals surface area contributed by atoms with E-state index in [0.29, 0.717) is 6.42 Å². The first-order valence-electron chi connectivity index (χ1n) is 4.29. The lowest BCUT2D eigenvalue weighted by Crippen LogP contribution is -2.35. The van der Waals surface area contributed by atoms with Crippen molar-refractivity contribution in [1.82, 2.24) is 0 Å². The van der Waals surface area contributed by atoms with Crippen molar-refractivity contribution in [2.24, 2.45) is 5.73 Å². The van der Waals surface area contributed by atoms with E-state index >= 15 is 0 Å². The highest BCUT2D eigenvalue weighted by atomic mass is 16.8. The minimum absolute atomic E-state index is 0.0909. The molecule has 0 aromatic carbocycles. The Morgan fingerprint density at radius 2 is 1.92 bits per heavy atom. The zero-order chi connectivity index (χ0) is 8.93.